The molecule has 0 aliphatic rings. The summed E-state index contributed by atoms with van der Waals surface area (Å²) in [5, 5.41) is 19.4. The smallest absolute Gasteiger partial charge is 0.304 e. The molecule has 6 nitrogen and oxygen atoms in total. The molecule has 1 unspecified atom stereocenters. The number of rotatable bonds is 4. The van der Waals surface area contributed by atoms with Crippen molar-refractivity contribution in [3.63, 3.8) is 0 Å². The Labute approximate surface area is 116 Å². The molecular formula is C14H19N3O3+2. The zero-order valence-electron chi connectivity index (χ0n) is 11.8. The molecule has 0 radical (unpaired) electrons. The summed E-state index contributed by atoms with van der Waals surface area (Å²) in [5.41, 5.74) is 2.45. The van der Waals surface area contributed by atoms with Gasteiger partial charge in [0.2, 0.25) is 0 Å². The number of hydrogen-bond acceptors (Lipinski definition) is 2. The zero-order chi connectivity index (χ0) is 14.9. The van der Waals surface area contributed by atoms with Gasteiger partial charge < -0.3 is 10.3 Å². The number of nitrogens with one attached hydrogen (secondary N) is 1. The zero-order valence-corrected chi connectivity index (χ0v) is 11.8. The Balaban J connectivity index is 2.59. The molecule has 20 heavy (non-hydrogen) atoms. The third kappa shape index (κ3) is 2.36. The normalized spacial score (nSPS) is 12.3. The van der Waals surface area contributed by atoms with Gasteiger partial charge in [0.25, 0.3) is 0 Å². The van der Waals surface area contributed by atoms with Crippen molar-refractivity contribution in [1.29, 1.82) is 0 Å². The van der Waals surface area contributed by atoms with Crippen LogP contribution in [0.4, 0.5) is 0 Å². The summed E-state index contributed by atoms with van der Waals surface area (Å²) >= 11 is 0. The minimum Gasteiger partial charge on any atom is -0.481 e. The second-order valence-electron chi connectivity index (χ2n) is 4.88. The molecule has 0 bridgehead atoms. The lowest BCUT2D eigenvalue weighted by molar-refractivity contribution is -0.686. The Morgan fingerprint density at radius 2 is 2.00 bits per heavy atom. The first-order chi connectivity index (χ1) is 9.43. The first-order valence-corrected chi connectivity index (χ1v) is 6.38. The molecular weight excluding hydrogens is 258 g/mol. The second-order valence-corrected chi connectivity index (χ2v) is 4.88. The summed E-state index contributed by atoms with van der Waals surface area (Å²) in [6.07, 6.45) is 3.41. The maximum Gasteiger partial charge on any atom is 0.304 e. The van der Waals surface area contributed by atoms with E-state index in [9.17, 15) is 10.0 Å². The van der Waals surface area contributed by atoms with Crippen LogP contribution in [0.15, 0.2) is 24.5 Å². The molecule has 3 N–H and O–H groups in total. The quantitative estimate of drug-likeness (QED) is 0.634. The third-order valence-electron chi connectivity index (χ3n) is 3.74. The van der Waals surface area contributed by atoms with Crippen molar-refractivity contribution < 1.29 is 24.7 Å². The van der Waals surface area contributed by atoms with Crippen molar-refractivity contribution in [2.45, 2.75) is 26.2 Å². The fourth-order valence-electron chi connectivity index (χ4n) is 2.43. The molecule has 0 aromatic carbocycles. The highest BCUT2D eigenvalue weighted by atomic mass is 16.5. The molecule has 2 aromatic heterocycles. The van der Waals surface area contributed by atoms with Gasteiger partial charge in [-0.05, 0) is 10.3 Å². The van der Waals surface area contributed by atoms with Gasteiger partial charge in [-0.25, -0.2) is 9.55 Å². The van der Waals surface area contributed by atoms with Gasteiger partial charge in [-0.3, -0.25) is 4.79 Å². The van der Waals surface area contributed by atoms with Gasteiger partial charge in [0.15, 0.2) is 18.1 Å². The SMILES string of the molecule is Cc1c(C)[n+](C)c(C(CC(=O)O)c2cc[nH+]cc2)n1O. The number of hydrogen-bond donors (Lipinski definition) is 2. The monoisotopic (exact) mass is 277 g/mol. The van der Waals surface area contributed by atoms with Crippen molar-refractivity contribution in [2.75, 3.05) is 0 Å². The van der Waals surface area contributed by atoms with Crippen molar-refractivity contribution in [3.05, 3.63) is 47.3 Å². The first-order valence-electron chi connectivity index (χ1n) is 6.38. The van der Waals surface area contributed by atoms with Crippen LogP contribution in [0, 0.1) is 13.8 Å². The third-order valence-corrected chi connectivity index (χ3v) is 3.74. The van der Waals surface area contributed by atoms with Gasteiger partial charge in [0.1, 0.15) is 11.6 Å². The van der Waals surface area contributed by atoms with Crippen LogP contribution >= 0.6 is 0 Å². The van der Waals surface area contributed by atoms with Crippen LogP contribution in [-0.2, 0) is 11.8 Å². The molecule has 0 saturated heterocycles. The summed E-state index contributed by atoms with van der Waals surface area (Å²) in [4.78, 5) is 14.1. The lowest BCUT2D eigenvalue weighted by Gasteiger charge is -2.10. The average Bonchev–Trinajstić information content (AvgIpc) is 2.62. The molecule has 6 heteroatoms. The first kappa shape index (κ1) is 14.0. The number of nitrogens with zero attached hydrogens (tertiary/aromatic N) is 2. The highest BCUT2D eigenvalue weighted by Crippen LogP contribution is 2.26. The molecule has 2 rings (SSSR count). The average molecular weight is 277 g/mol. The van der Waals surface area contributed by atoms with Crippen LogP contribution in [-0.4, -0.2) is 21.0 Å². The van der Waals surface area contributed by atoms with E-state index < -0.39 is 11.9 Å². The molecule has 0 amide bonds. The fraction of sp³-hybridized carbons (Fsp3) is 0.357. The molecule has 2 aromatic rings. The van der Waals surface area contributed by atoms with Crippen molar-refractivity contribution >= 4 is 5.97 Å². The maximum atomic E-state index is 11.2. The van der Waals surface area contributed by atoms with Crippen molar-refractivity contribution in [2.24, 2.45) is 7.05 Å². The van der Waals surface area contributed by atoms with Crippen LogP contribution in [0.5, 0.6) is 0 Å². The van der Waals surface area contributed by atoms with E-state index >= 15 is 0 Å². The van der Waals surface area contributed by atoms with E-state index in [1.807, 2.05) is 30.7 Å². The number of imidazole rings is 1. The van der Waals surface area contributed by atoms with E-state index in [2.05, 4.69) is 4.98 Å². The number of carboxylic acids is 1. The van der Waals surface area contributed by atoms with Gasteiger partial charge >= 0.3 is 11.8 Å². The molecule has 106 valence electrons. The largest absolute Gasteiger partial charge is 0.481 e. The number of carboxylic acid groups (broad SMARTS) is 1. The van der Waals surface area contributed by atoms with Gasteiger partial charge in [0, 0.05) is 26.0 Å². The Morgan fingerprint density at radius 3 is 2.45 bits per heavy atom. The molecule has 0 spiro atoms. The van der Waals surface area contributed by atoms with E-state index in [1.165, 1.54) is 0 Å². The van der Waals surface area contributed by atoms with Gasteiger partial charge in [-0.1, -0.05) is 0 Å². The summed E-state index contributed by atoms with van der Waals surface area (Å²) in [6, 6.07) is 3.65. The minimum absolute atomic E-state index is 0.0820. The molecule has 0 aliphatic carbocycles. The van der Waals surface area contributed by atoms with E-state index in [1.54, 1.807) is 19.3 Å². The summed E-state index contributed by atoms with van der Waals surface area (Å²) < 4.78 is 2.92. The fourth-order valence-corrected chi connectivity index (χ4v) is 2.43. The van der Waals surface area contributed by atoms with Gasteiger partial charge in [0.05, 0.1) is 13.5 Å². The van der Waals surface area contributed by atoms with Crippen LogP contribution in [0.25, 0.3) is 0 Å². The van der Waals surface area contributed by atoms with E-state index in [-0.39, 0.29) is 6.42 Å². The Bertz CT molecular complexity index is 609. The summed E-state index contributed by atoms with van der Waals surface area (Å²) in [6.45, 7) is 3.69. The summed E-state index contributed by atoms with van der Waals surface area (Å²) in [5.74, 6) is -0.752. The minimum atomic E-state index is -0.903. The number of pyridine rings is 1. The molecule has 2 heterocycles. The van der Waals surface area contributed by atoms with Gasteiger partial charge in [-0.2, -0.15) is 0 Å². The molecule has 1 atom stereocenters. The van der Waals surface area contributed by atoms with Crippen LogP contribution in [0.1, 0.15) is 35.1 Å². The summed E-state index contributed by atoms with van der Waals surface area (Å²) in [7, 11) is 1.83. The standard InChI is InChI=1S/C14H17N3O3/c1-9-10(2)17(20)14(16(9)3)12(8-13(18)19)11-4-6-15-7-5-11/h4-7,12H,8H2,1-3H3,(H-,18,19,20)/p+2. The molecule has 0 fully saturated rings. The number of aromatic nitrogens is 3. The number of aliphatic carboxylic acids is 1. The van der Waals surface area contributed by atoms with Crippen LogP contribution in [0.3, 0.4) is 0 Å². The van der Waals surface area contributed by atoms with Crippen LogP contribution in [0.2, 0.25) is 0 Å². The van der Waals surface area contributed by atoms with E-state index in [4.69, 9.17) is 5.11 Å². The molecule has 0 saturated carbocycles. The Morgan fingerprint density at radius 1 is 1.40 bits per heavy atom. The van der Waals surface area contributed by atoms with Crippen molar-refractivity contribution in [1.82, 2.24) is 4.73 Å². The van der Waals surface area contributed by atoms with E-state index in [0.29, 0.717) is 11.5 Å². The number of H-pyrrole nitrogens is 1. The second kappa shape index (κ2) is 5.32. The highest BCUT2D eigenvalue weighted by molar-refractivity contribution is 5.68. The lowest BCUT2D eigenvalue weighted by atomic mass is 9.95. The number of carbonyl (C=O) groups is 1. The highest BCUT2D eigenvalue weighted by Gasteiger charge is 2.34. The predicted molar refractivity (Wildman–Crippen MR) is 69.4 cm³/mol. The topological polar surface area (TPSA) is 80.5 Å². The van der Waals surface area contributed by atoms with Crippen LogP contribution < -0.4 is 9.55 Å². The maximum absolute atomic E-state index is 11.2. The lowest BCUT2D eigenvalue weighted by Crippen LogP contribution is -2.37. The number of aromatic amines is 1. The Kier molecular flexibility index (Phi) is 3.74. The molecule has 0 aliphatic heterocycles. The predicted octanol–water partition coefficient (Wildman–Crippen LogP) is 0.587. The Hall–Kier alpha value is -2.37. The van der Waals surface area contributed by atoms with Crippen molar-refractivity contribution in [3.8, 4) is 0 Å². The van der Waals surface area contributed by atoms with E-state index in [0.717, 1.165) is 16.0 Å². The van der Waals surface area contributed by atoms with Gasteiger partial charge in [-0.15, -0.1) is 0 Å².